The highest BCUT2D eigenvalue weighted by Gasteiger charge is 2.52. The van der Waals surface area contributed by atoms with E-state index in [2.05, 4.69) is 29.6 Å². The number of nitrogens with one attached hydrogen (secondary N) is 1. The zero-order valence-corrected chi connectivity index (χ0v) is 11.2. The van der Waals surface area contributed by atoms with Gasteiger partial charge in [-0.1, -0.05) is 30.3 Å². The average molecular weight is 258 g/mol. The molecule has 1 saturated carbocycles. The van der Waals surface area contributed by atoms with E-state index < -0.39 is 0 Å². The highest BCUT2D eigenvalue weighted by molar-refractivity contribution is 5.73. The van der Waals surface area contributed by atoms with Crippen LogP contribution in [0.25, 0.3) is 0 Å². The molecule has 19 heavy (non-hydrogen) atoms. The number of amides is 1. The van der Waals surface area contributed by atoms with Crippen LogP contribution in [-0.2, 0) is 4.79 Å². The van der Waals surface area contributed by atoms with Gasteiger partial charge in [-0.3, -0.25) is 4.79 Å². The van der Waals surface area contributed by atoms with Crippen LogP contribution in [-0.4, -0.2) is 19.0 Å². The quantitative estimate of drug-likeness (QED) is 0.818. The maximum absolute atomic E-state index is 11.0. The number of hydrogen-bond acceptors (Lipinski definition) is 2. The van der Waals surface area contributed by atoms with E-state index in [9.17, 15) is 4.79 Å². The van der Waals surface area contributed by atoms with Crippen LogP contribution in [0.1, 0.15) is 30.7 Å². The second-order valence-electron chi connectivity index (χ2n) is 6.00. The molecular formula is C16H22N2O. The predicted molar refractivity (Wildman–Crippen MR) is 75.6 cm³/mol. The van der Waals surface area contributed by atoms with Crippen LogP contribution in [0.4, 0.5) is 0 Å². The van der Waals surface area contributed by atoms with E-state index in [0.29, 0.717) is 12.3 Å². The minimum atomic E-state index is -0.182. The summed E-state index contributed by atoms with van der Waals surface area (Å²) in [6, 6.07) is 10.6. The Morgan fingerprint density at radius 2 is 1.95 bits per heavy atom. The first kappa shape index (κ1) is 12.7. The molecule has 3 N–H and O–H groups in total. The average Bonchev–Trinajstić information content (AvgIpc) is 2.85. The van der Waals surface area contributed by atoms with E-state index in [1.807, 2.05) is 6.07 Å². The Kier molecular flexibility index (Phi) is 3.56. The van der Waals surface area contributed by atoms with Crippen molar-refractivity contribution in [1.82, 2.24) is 5.32 Å². The smallest absolute Gasteiger partial charge is 0.217 e. The van der Waals surface area contributed by atoms with Crippen LogP contribution >= 0.6 is 0 Å². The first-order chi connectivity index (χ1) is 9.25. The van der Waals surface area contributed by atoms with Crippen molar-refractivity contribution in [1.29, 1.82) is 0 Å². The zero-order chi connectivity index (χ0) is 13.2. The van der Waals surface area contributed by atoms with Crippen molar-refractivity contribution in [3.05, 3.63) is 35.9 Å². The Morgan fingerprint density at radius 3 is 2.58 bits per heavy atom. The molecule has 1 heterocycles. The number of primary amides is 1. The molecule has 2 aliphatic rings. The van der Waals surface area contributed by atoms with E-state index >= 15 is 0 Å². The van der Waals surface area contributed by atoms with Gasteiger partial charge in [0.05, 0.1) is 0 Å². The summed E-state index contributed by atoms with van der Waals surface area (Å²) in [5, 5.41) is 3.44. The predicted octanol–water partition coefficient (Wildman–Crippen LogP) is 1.89. The fraction of sp³-hybridized carbons (Fsp3) is 0.562. The maximum Gasteiger partial charge on any atom is 0.217 e. The lowest BCUT2D eigenvalue weighted by Gasteiger charge is -2.18. The molecule has 1 aliphatic carbocycles. The fourth-order valence-corrected chi connectivity index (χ4v) is 3.69. The second-order valence-corrected chi connectivity index (χ2v) is 6.00. The molecule has 0 bridgehead atoms. The van der Waals surface area contributed by atoms with Crippen molar-refractivity contribution in [2.24, 2.45) is 23.5 Å². The lowest BCUT2D eigenvalue weighted by Crippen LogP contribution is -2.17. The number of nitrogens with two attached hydrogens (primary N) is 1. The molecule has 3 unspecified atom stereocenters. The molecule has 1 aromatic rings. The van der Waals surface area contributed by atoms with Gasteiger partial charge in [-0.2, -0.15) is 0 Å². The van der Waals surface area contributed by atoms with Crippen LogP contribution in [0, 0.1) is 17.8 Å². The molecule has 1 amide bonds. The third-order valence-electron chi connectivity index (χ3n) is 4.84. The topological polar surface area (TPSA) is 55.1 Å². The molecule has 3 rings (SSSR count). The highest BCUT2D eigenvalue weighted by atomic mass is 16.1. The van der Waals surface area contributed by atoms with Crippen LogP contribution in [0.2, 0.25) is 0 Å². The molecular weight excluding hydrogens is 236 g/mol. The first-order valence-corrected chi connectivity index (χ1v) is 7.29. The van der Waals surface area contributed by atoms with Gasteiger partial charge in [0.1, 0.15) is 0 Å². The third-order valence-corrected chi connectivity index (χ3v) is 4.84. The van der Waals surface area contributed by atoms with Crippen LogP contribution in [0.5, 0.6) is 0 Å². The second kappa shape index (κ2) is 5.33. The van der Waals surface area contributed by atoms with Crippen molar-refractivity contribution < 1.29 is 4.79 Å². The molecule has 1 aliphatic heterocycles. The Hall–Kier alpha value is -1.35. The molecule has 0 radical (unpaired) electrons. The van der Waals surface area contributed by atoms with Crippen LogP contribution in [0.3, 0.4) is 0 Å². The fourth-order valence-electron chi connectivity index (χ4n) is 3.69. The van der Waals surface area contributed by atoms with Crippen molar-refractivity contribution in [2.45, 2.75) is 25.2 Å². The number of piperidine rings is 1. The summed E-state index contributed by atoms with van der Waals surface area (Å²) in [5.41, 5.74) is 6.67. The van der Waals surface area contributed by atoms with Gasteiger partial charge in [0.15, 0.2) is 0 Å². The molecule has 3 heteroatoms. The number of benzene rings is 1. The summed E-state index contributed by atoms with van der Waals surface area (Å²) < 4.78 is 0. The van der Waals surface area contributed by atoms with Gasteiger partial charge < -0.3 is 11.1 Å². The minimum absolute atomic E-state index is 0.182. The summed E-state index contributed by atoms with van der Waals surface area (Å²) in [7, 11) is 0. The van der Waals surface area contributed by atoms with E-state index in [-0.39, 0.29) is 5.91 Å². The van der Waals surface area contributed by atoms with Crippen LogP contribution < -0.4 is 11.1 Å². The lowest BCUT2D eigenvalue weighted by atomic mass is 9.88. The van der Waals surface area contributed by atoms with Gasteiger partial charge >= 0.3 is 0 Å². The van der Waals surface area contributed by atoms with E-state index in [0.717, 1.165) is 24.2 Å². The minimum Gasteiger partial charge on any atom is -0.370 e. The largest absolute Gasteiger partial charge is 0.370 e. The summed E-state index contributed by atoms with van der Waals surface area (Å²) in [5.74, 6) is 2.95. The summed E-state index contributed by atoms with van der Waals surface area (Å²) >= 11 is 0. The third kappa shape index (κ3) is 2.81. The molecule has 1 saturated heterocycles. The van der Waals surface area contributed by atoms with E-state index in [4.69, 9.17) is 5.73 Å². The molecule has 102 valence electrons. The number of carbonyl (C=O) groups excluding carboxylic acids is 1. The van der Waals surface area contributed by atoms with Gasteiger partial charge in [-0.25, -0.2) is 0 Å². The molecule has 2 fully saturated rings. The van der Waals surface area contributed by atoms with Crippen LogP contribution in [0.15, 0.2) is 30.3 Å². The molecule has 3 nitrogen and oxygen atoms in total. The molecule has 3 atom stereocenters. The summed E-state index contributed by atoms with van der Waals surface area (Å²) in [6.07, 6.45) is 2.61. The van der Waals surface area contributed by atoms with E-state index in [1.165, 1.54) is 25.1 Å². The maximum atomic E-state index is 11.0. The Morgan fingerprint density at radius 1 is 1.26 bits per heavy atom. The van der Waals surface area contributed by atoms with Gasteiger partial charge in [-0.15, -0.1) is 0 Å². The van der Waals surface area contributed by atoms with Gasteiger partial charge in [0.2, 0.25) is 5.91 Å². The monoisotopic (exact) mass is 258 g/mol. The summed E-state index contributed by atoms with van der Waals surface area (Å²) in [6.45, 7) is 2.37. The highest BCUT2D eigenvalue weighted by Crippen LogP contribution is 2.53. The Balaban J connectivity index is 1.64. The first-order valence-electron chi connectivity index (χ1n) is 7.29. The number of fused-ring (bicyclic) bond motifs is 1. The number of carbonyl (C=O) groups is 1. The normalized spacial score (nSPS) is 29.8. The van der Waals surface area contributed by atoms with Crippen molar-refractivity contribution in [3.8, 4) is 0 Å². The molecule has 0 aromatic heterocycles. The van der Waals surface area contributed by atoms with Gasteiger partial charge in [-0.05, 0) is 55.2 Å². The van der Waals surface area contributed by atoms with Crippen molar-refractivity contribution in [2.75, 3.05) is 13.1 Å². The number of rotatable bonds is 6. The standard InChI is InChI=1S/C16H22N2O/c17-16(19)7-6-12(11-4-2-1-3-5-11)8-13-14-9-18-10-15(13)14/h1-5,12-15,18H,6-10H2,(H2,17,19). The zero-order valence-electron chi connectivity index (χ0n) is 11.2. The van der Waals surface area contributed by atoms with Crippen molar-refractivity contribution >= 4 is 5.91 Å². The SMILES string of the molecule is NC(=O)CCC(CC1C2CNCC21)c1ccccc1. The van der Waals surface area contributed by atoms with Gasteiger partial charge in [0, 0.05) is 6.42 Å². The van der Waals surface area contributed by atoms with Gasteiger partial charge in [0.25, 0.3) is 0 Å². The Labute approximate surface area is 114 Å². The lowest BCUT2D eigenvalue weighted by molar-refractivity contribution is -0.118. The van der Waals surface area contributed by atoms with Crippen molar-refractivity contribution in [3.63, 3.8) is 0 Å². The molecule has 1 aromatic carbocycles. The molecule has 0 spiro atoms. The van der Waals surface area contributed by atoms with E-state index in [1.54, 1.807) is 0 Å². The number of hydrogen-bond donors (Lipinski definition) is 2. The Bertz CT molecular complexity index is 435. The summed E-state index contributed by atoms with van der Waals surface area (Å²) in [4.78, 5) is 11.0.